The van der Waals surface area contributed by atoms with E-state index in [1.54, 1.807) is 0 Å². The molecule has 1 aliphatic rings. The number of likely N-dealkylation sites (tertiary alicyclic amines) is 1. The summed E-state index contributed by atoms with van der Waals surface area (Å²) in [6.45, 7) is 6.59. The molecule has 0 aromatic heterocycles. The molecule has 1 saturated heterocycles. The van der Waals surface area contributed by atoms with Crippen LogP contribution in [0.5, 0.6) is 0 Å². The molecule has 0 radical (unpaired) electrons. The first-order chi connectivity index (χ1) is 8.86. The van der Waals surface area contributed by atoms with Gasteiger partial charge in [0.2, 0.25) is 5.91 Å². The smallest absolute Gasteiger partial charge is 0.326 e. The number of piperidine rings is 1. The number of carboxylic acids is 1. The van der Waals surface area contributed by atoms with Gasteiger partial charge in [0, 0.05) is 6.54 Å². The van der Waals surface area contributed by atoms with E-state index >= 15 is 0 Å². The lowest BCUT2D eigenvalue weighted by Gasteiger charge is -2.38. The van der Waals surface area contributed by atoms with Crippen molar-refractivity contribution in [3.63, 3.8) is 0 Å². The van der Waals surface area contributed by atoms with Gasteiger partial charge in [0.15, 0.2) is 0 Å². The van der Waals surface area contributed by atoms with Crippen LogP contribution < -0.4 is 5.73 Å². The molecule has 0 saturated carbocycles. The Kier molecular flexibility index (Phi) is 5.79. The van der Waals surface area contributed by atoms with Crippen LogP contribution in [-0.4, -0.2) is 40.5 Å². The third-order valence-corrected chi connectivity index (χ3v) is 3.90. The highest BCUT2D eigenvalue weighted by molar-refractivity contribution is 5.87. The Labute approximate surface area is 115 Å². The highest BCUT2D eigenvalue weighted by atomic mass is 16.4. The van der Waals surface area contributed by atoms with Gasteiger partial charge < -0.3 is 15.7 Å². The maximum Gasteiger partial charge on any atom is 0.326 e. The number of nitrogens with zero attached hydrogens (tertiary/aromatic N) is 1. The second-order valence-corrected chi connectivity index (χ2v) is 5.92. The first-order valence-electron chi connectivity index (χ1n) is 7.15. The van der Waals surface area contributed by atoms with Crippen LogP contribution >= 0.6 is 0 Å². The Hall–Kier alpha value is -1.10. The van der Waals surface area contributed by atoms with Gasteiger partial charge in [0.1, 0.15) is 6.04 Å². The third kappa shape index (κ3) is 4.20. The van der Waals surface area contributed by atoms with Crippen molar-refractivity contribution < 1.29 is 14.7 Å². The van der Waals surface area contributed by atoms with E-state index in [0.717, 1.165) is 12.8 Å². The molecule has 0 bridgehead atoms. The number of carbonyl (C=O) groups excluding carboxylic acids is 1. The van der Waals surface area contributed by atoms with E-state index in [0.29, 0.717) is 31.2 Å². The van der Waals surface area contributed by atoms with E-state index in [1.807, 2.05) is 13.8 Å². The maximum absolute atomic E-state index is 12.3. The number of aliphatic carboxylic acids is 1. The normalized spacial score (nSPS) is 25.4. The summed E-state index contributed by atoms with van der Waals surface area (Å²) >= 11 is 0. The van der Waals surface area contributed by atoms with Crippen molar-refractivity contribution in [2.45, 2.75) is 58.5 Å². The zero-order chi connectivity index (χ0) is 14.6. The lowest BCUT2D eigenvalue weighted by Crippen LogP contribution is -2.55. The lowest BCUT2D eigenvalue weighted by atomic mass is 9.88. The largest absolute Gasteiger partial charge is 0.480 e. The molecule has 1 heterocycles. The van der Waals surface area contributed by atoms with Gasteiger partial charge in [0.05, 0.1) is 6.04 Å². The molecule has 2 unspecified atom stereocenters. The Morgan fingerprint density at radius 1 is 1.42 bits per heavy atom. The number of nitrogens with two attached hydrogens (primary N) is 1. The van der Waals surface area contributed by atoms with Crippen LogP contribution in [-0.2, 0) is 9.59 Å². The number of hydrogen-bond acceptors (Lipinski definition) is 3. The molecule has 0 aromatic rings. The SMILES string of the molecule is CCC1CCN(C(=O)[C@@H](N)CC(C)C)C(C(=O)O)C1. The number of rotatable bonds is 5. The fourth-order valence-electron chi connectivity index (χ4n) is 2.73. The average molecular weight is 270 g/mol. The second kappa shape index (κ2) is 6.89. The van der Waals surface area contributed by atoms with E-state index in [2.05, 4.69) is 6.92 Å². The molecule has 0 aliphatic carbocycles. The maximum atomic E-state index is 12.3. The molecule has 19 heavy (non-hydrogen) atoms. The van der Waals surface area contributed by atoms with Gasteiger partial charge in [-0.25, -0.2) is 4.79 Å². The predicted molar refractivity (Wildman–Crippen MR) is 73.6 cm³/mol. The molecule has 110 valence electrons. The summed E-state index contributed by atoms with van der Waals surface area (Å²) < 4.78 is 0. The van der Waals surface area contributed by atoms with Crippen molar-refractivity contribution in [3.05, 3.63) is 0 Å². The van der Waals surface area contributed by atoms with E-state index in [9.17, 15) is 14.7 Å². The molecule has 1 fully saturated rings. The van der Waals surface area contributed by atoms with Gasteiger partial charge in [-0.3, -0.25) is 4.79 Å². The molecular formula is C14H26N2O3. The Morgan fingerprint density at radius 3 is 2.53 bits per heavy atom. The molecule has 1 rings (SSSR count). The van der Waals surface area contributed by atoms with Crippen molar-refractivity contribution in [3.8, 4) is 0 Å². The van der Waals surface area contributed by atoms with Crippen LogP contribution in [0.15, 0.2) is 0 Å². The first kappa shape index (κ1) is 16.0. The second-order valence-electron chi connectivity index (χ2n) is 5.92. The van der Waals surface area contributed by atoms with Gasteiger partial charge in [-0.2, -0.15) is 0 Å². The number of carbonyl (C=O) groups is 2. The highest BCUT2D eigenvalue weighted by Gasteiger charge is 2.37. The molecule has 5 nitrogen and oxygen atoms in total. The topological polar surface area (TPSA) is 83.6 Å². The highest BCUT2D eigenvalue weighted by Crippen LogP contribution is 2.26. The summed E-state index contributed by atoms with van der Waals surface area (Å²) in [6.07, 6.45) is 2.98. The molecule has 5 heteroatoms. The van der Waals surface area contributed by atoms with Crippen LogP contribution in [0.1, 0.15) is 46.5 Å². The number of hydrogen-bond donors (Lipinski definition) is 2. The Morgan fingerprint density at radius 2 is 2.05 bits per heavy atom. The van der Waals surface area contributed by atoms with Crippen molar-refractivity contribution in [1.29, 1.82) is 0 Å². The third-order valence-electron chi connectivity index (χ3n) is 3.90. The zero-order valence-electron chi connectivity index (χ0n) is 12.1. The van der Waals surface area contributed by atoms with Gasteiger partial charge in [-0.15, -0.1) is 0 Å². The van der Waals surface area contributed by atoms with Gasteiger partial charge in [-0.1, -0.05) is 27.2 Å². The summed E-state index contributed by atoms with van der Waals surface area (Å²) in [5.41, 5.74) is 5.89. The monoisotopic (exact) mass is 270 g/mol. The summed E-state index contributed by atoms with van der Waals surface area (Å²) in [7, 11) is 0. The summed E-state index contributed by atoms with van der Waals surface area (Å²) in [5.74, 6) is -0.402. The number of amides is 1. The van der Waals surface area contributed by atoms with Crippen LogP contribution in [0, 0.1) is 11.8 Å². The van der Waals surface area contributed by atoms with Crippen molar-refractivity contribution in [2.75, 3.05) is 6.54 Å². The Bertz CT molecular complexity index is 331. The minimum atomic E-state index is -0.914. The van der Waals surface area contributed by atoms with Crippen molar-refractivity contribution in [1.82, 2.24) is 4.90 Å². The minimum Gasteiger partial charge on any atom is -0.480 e. The van der Waals surface area contributed by atoms with Crippen molar-refractivity contribution >= 4 is 11.9 Å². The molecule has 3 atom stereocenters. The quantitative estimate of drug-likeness (QED) is 0.792. The van der Waals surface area contributed by atoms with E-state index in [-0.39, 0.29) is 5.91 Å². The van der Waals surface area contributed by atoms with Crippen LogP contribution in [0.2, 0.25) is 0 Å². The van der Waals surface area contributed by atoms with Crippen LogP contribution in [0.4, 0.5) is 0 Å². The first-order valence-corrected chi connectivity index (χ1v) is 7.15. The average Bonchev–Trinajstić information content (AvgIpc) is 2.36. The van der Waals surface area contributed by atoms with Crippen LogP contribution in [0.25, 0.3) is 0 Å². The van der Waals surface area contributed by atoms with Crippen molar-refractivity contribution in [2.24, 2.45) is 17.6 Å². The lowest BCUT2D eigenvalue weighted by molar-refractivity contribution is -0.153. The molecule has 0 aromatic carbocycles. The predicted octanol–water partition coefficient (Wildman–Crippen LogP) is 1.46. The van der Waals surface area contributed by atoms with E-state index in [1.165, 1.54) is 4.90 Å². The summed E-state index contributed by atoms with van der Waals surface area (Å²) in [5, 5.41) is 9.30. The van der Waals surface area contributed by atoms with Crippen LogP contribution in [0.3, 0.4) is 0 Å². The molecular weight excluding hydrogens is 244 g/mol. The zero-order valence-corrected chi connectivity index (χ0v) is 12.1. The summed E-state index contributed by atoms with van der Waals surface area (Å²) in [6, 6.07) is -1.29. The standard InChI is InChI=1S/C14H26N2O3/c1-4-10-5-6-16(12(8-10)14(18)19)13(17)11(15)7-9(2)3/h9-12H,4-8,15H2,1-3H3,(H,18,19)/t10?,11-,12?/m0/s1. The molecule has 1 aliphatic heterocycles. The van der Waals surface area contributed by atoms with Gasteiger partial charge in [0.25, 0.3) is 0 Å². The molecule has 3 N–H and O–H groups in total. The van der Waals surface area contributed by atoms with E-state index < -0.39 is 18.1 Å². The van der Waals surface area contributed by atoms with Gasteiger partial charge in [-0.05, 0) is 31.1 Å². The molecule has 1 amide bonds. The Balaban J connectivity index is 2.74. The van der Waals surface area contributed by atoms with E-state index in [4.69, 9.17) is 5.73 Å². The number of carboxylic acid groups (broad SMARTS) is 1. The summed E-state index contributed by atoms with van der Waals surface area (Å²) in [4.78, 5) is 25.1. The molecule has 0 spiro atoms. The fraction of sp³-hybridized carbons (Fsp3) is 0.857. The fourth-order valence-corrected chi connectivity index (χ4v) is 2.73. The van der Waals surface area contributed by atoms with Gasteiger partial charge >= 0.3 is 5.97 Å². The minimum absolute atomic E-state index is 0.212.